The van der Waals surface area contributed by atoms with Gasteiger partial charge in [0.15, 0.2) is 0 Å². The van der Waals surface area contributed by atoms with E-state index in [4.69, 9.17) is 22.1 Å². The second kappa shape index (κ2) is 12.4. The van der Waals surface area contributed by atoms with Crippen LogP contribution in [0.2, 0.25) is 5.15 Å². The van der Waals surface area contributed by atoms with Crippen molar-refractivity contribution in [3.8, 4) is 11.4 Å². The first-order chi connectivity index (χ1) is 17.6. The van der Waals surface area contributed by atoms with E-state index < -0.39 is 0 Å². The van der Waals surface area contributed by atoms with Gasteiger partial charge in [-0.3, -0.25) is 0 Å². The molecule has 189 valence electrons. The Morgan fingerprint density at radius 2 is 2.03 bits per heavy atom. The molecular weight excluding hydrogens is 539 g/mol. The number of anilines is 1. The quantitative estimate of drug-likeness (QED) is 0.192. The Balaban J connectivity index is 0.00000148. The van der Waals surface area contributed by atoms with E-state index in [0.717, 1.165) is 30.9 Å². The number of benzene rings is 2. The van der Waals surface area contributed by atoms with Crippen molar-refractivity contribution in [3.63, 3.8) is 0 Å². The third kappa shape index (κ3) is 5.90. The molecule has 1 aromatic heterocycles. The molecule has 0 fully saturated rings. The number of halogens is 2. The Hall–Kier alpha value is -2.90. The van der Waals surface area contributed by atoms with Crippen molar-refractivity contribution in [3.05, 3.63) is 94.4 Å². The van der Waals surface area contributed by atoms with Gasteiger partial charge in [-0.1, -0.05) is 41.9 Å². The zero-order valence-electron chi connectivity index (χ0n) is 19.7. The predicted molar refractivity (Wildman–Crippen MR) is 142 cm³/mol. The van der Waals surface area contributed by atoms with Crippen LogP contribution in [0.15, 0.2) is 88.7 Å². The molecule has 2 aromatic carbocycles. The third-order valence-corrected chi connectivity index (χ3v) is 6.40. The van der Waals surface area contributed by atoms with Crippen LogP contribution in [-0.4, -0.2) is 29.0 Å². The molecule has 0 radical (unpaired) electrons. The second-order valence-corrected chi connectivity index (χ2v) is 8.80. The number of hydrogen-bond acceptors (Lipinski definition) is 6. The number of nitrogens with zero attached hydrogens (tertiary/aromatic N) is 3. The number of aliphatic imine (C=N–C) groups is 1. The molecule has 0 saturated carbocycles. The van der Waals surface area contributed by atoms with E-state index >= 15 is 0 Å². The SMILES string of the molecule is CC1=C2NC=NC(NCCCOc3cc(N)ccc3-n3cnc(Cl)c3)=C2CC1c1ccccc1.[Cl][Fe]. The van der Waals surface area contributed by atoms with Crippen molar-refractivity contribution in [2.75, 3.05) is 18.9 Å². The number of hydrogen-bond donors (Lipinski definition) is 3. The number of rotatable bonds is 8. The van der Waals surface area contributed by atoms with Crippen LogP contribution in [0.5, 0.6) is 5.75 Å². The summed E-state index contributed by atoms with van der Waals surface area (Å²) in [6.07, 6.45) is 6.90. The number of fused-ring (bicyclic) bond motifs is 1. The molecule has 0 bridgehead atoms. The van der Waals surface area contributed by atoms with Gasteiger partial charge >= 0.3 is 25.2 Å². The van der Waals surface area contributed by atoms with Crippen LogP contribution >= 0.6 is 21.7 Å². The fourth-order valence-corrected chi connectivity index (χ4v) is 4.63. The summed E-state index contributed by atoms with van der Waals surface area (Å²) >= 11 is 8.70. The molecule has 10 heteroatoms. The van der Waals surface area contributed by atoms with Crippen LogP contribution in [0.3, 0.4) is 0 Å². The predicted octanol–water partition coefficient (Wildman–Crippen LogP) is 5.46. The summed E-state index contributed by atoms with van der Waals surface area (Å²) in [4.78, 5) is 8.65. The van der Waals surface area contributed by atoms with E-state index in [1.165, 1.54) is 22.4 Å². The molecular formula is C26H27Cl2FeN6O. The van der Waals surface area contributed by atoms with Crippen LogP contribution in [0.4, 0.5) is 5.69 Å². The monoisotopic (exact) mass is 565 g/mol. The molecule has 3 aromatic rings. The summed E-state index contributed by atoms with van der Waals surface area (Å²) in [7, 11) is 4.39. The molecule has 0 saturated heterocycles. The Bertz CT molecular complexity index is 1290. The number of nitrogen functional groups attached to an aromatic ring is 1. The number of nitrogens with two attached hydrogens (primary N) is 1. The van der Waals surface area contributed by atoms with E-state index in [9.17, 15) is 0 Å². The van der Waals surface area contributed by atoms with Gasteiger partial charge in [0.1, 0.15) is 23.1 Å². The molecule has 0 amide bonds. The number of ether oxygens (including phenoxy) is 1. The zero-order valence-corrected chi connectivity index (χ0v) is 22.3. The van der Waals surface area contributed by atoms with E-state index in [-0.39, 0.29) is 0 Å². The zero-order chi connectivity index (χ0) is 25.5. The van der Waals surface area contributed by atoms with Crippen LogP contribution < -0.4 is 21.1 Å². The molecule has 2 aliphatic rings. The molecule has 1 aliphatic heterocycles. The summed E-state index contributed by atoms with van der Waals surface area (Å²) < 4.78 is 7.89. The Labute approximate surface area is 228 Å². The van der Waals surface area contributed by atoms with Gasteiger partial charge in [-0.15, -0.1) is 0 Å². The Kier molecular flexibility index (Phi) is 8.99. The van der Waals surface area contributed by atoms with Crippen LogP contribution in [0.25, 0.3) is 5.69 Å². The number of imidazole rings is 1. The first-order valence-electron chi connectivity index (χ1n) is 11.5. The van der Waals surface area contributed by atoms with Crippen molar-refractivity contribution < 1.29 is 19.8 Å². The first kappa shape index (κ1) is 26.2. The molecule has 7 nitrogen and oxygen atoms in total. The van der Waals surface area contributed by atoms with Gasteiger partial charge in [-0.25, -0.2) is 9.98 Å². The van der Waals surface area contributed by atoms with E-state index in [2.05, 4.69) is 83.1 Å². The standard InChI is InChI=1S/C26H27ClN6O.ClH.Fe/c1-17-20(18-6-3-2-4-7-18)13-21-25(17)30-15-31-26(21)29-10-5-11-34-23-12-19(28)8-9-22(23)33-14-24(27)32-16-33;;/h2-4,6-9,12,14-16,20,29H,5,10-11,13,28H2,1H3,(H,30,31);1H;/q;;+1/p-1. The Morgan fingerprint density at radius 1 is 1.22 bits per heavy atom. The van der Waals surface area contributed by atoms with Gasteiger partial charge in [0, 0.05) is 41.7 Å². The summed E-state index contributed by atoms with van der Waals surface area (Å²) in [5.74, 6) is 2.00. The van der Waals surface area contributed by atoms with E-state index in [1.54, 1.807) is 18.9 Å². The van der Waals surface area contributed by atoms with Crippen molar-refractivity contribution in [2.24, 2.45) is 4.99 Å². The molecule has 1 aliphatic carbocycles. The maximum atomic E-state index is 6.06. The van der Waals surface area contributed by atoms with Gasteiger partial charge < -0.3 is 25.7 Å². The van der Waals surface area contributed by atoms with Crippen molar-refractivity contribution in [2.45, 2.75) is 25.7 Å². The molecule has 2 heterocycles. The van der Waals surface area contributed by atoms with Crippen LogP contribution in [0.1, 0.15) is 31.2 Å². The summed E-state index contributed by atoms with van der Waals surface area (Å²) in [6.45, 7) is 3.48. The summed E-state index contributed by atoms with van der Waals surface area (Å²) in [5.41, 5.74) is 12.6. The molecule has 36 heavy (non-hydrogen) atoms. The van der Waals surface area contributed by atoms with Crippen molar-refractivity contribution in [1.82, 2.24) is 20.2 Å². The normalized spacial score (nSPS) is 16.3. The fourth-order valence-electron chi connectivity index (χ4n) is 4.48. The van der Waals surface area contributed by atoms with E-state index in [0.29, 0.717) is 29.1 Å². The molecule has 0 spiro atoms. The molecule has 1 unspecified atom stereocenters. The van der Waals surface area contributed by atoms with Crippen LogP contribution in [0, 0.1) is 0 Å². The van der Waals surface area contributed by atoms with E-state index in [1.807, 2.05) is 22.8 Å². The number of aromatic nitrogens is 2. The molecule has 1 atom stereocenters. The van der Waals surface area contributed by atoms with Gasteiger partial charge in [0.2, 0.25) is 0 Å². The average molecular weight is 566 g/mol. The Morgan fingerprint density at radius 3 is 2.78 bits per heavy atom. The van der Waals surface area contributed by atoms with Gasteiger partial charge in [-0.05, 0) is 43.0 Å². The second-order valence-electron chi connectivity index (χ2n) is 8.41. The number of nitrogens with one attached hydrogen (secondary N) is 2. The topological polar surface area (TPSA) is 89.5 Å². The number of allylic oxidation sites excluding steroid dienone is 2. The third-order valence-electron chi connectivity index (χ3n) is 6.20. The maximum absolute atomic E-state index is 6.06. The van der Waals surface area contributed by atoms with Crippen molar-refractivity contribution in [1.29, 1.82) is 0 Å². The summed E-state index contributed by atoms with van der Waals surface area (Å²) in [5, 5.41) is 7.28. The van der Waals surface area contributed by atoms with Gasteiger partial charge in [0.05, 0.1) is 18.6 Å². The average Bonchev–Trinajstić information content (AvgIpc) is 3.49. The summed E-state index contributed by atoms with van der Waals surface area (Å²) in [6, 6.07) is 16.2. The molecule has 5 rings (SSSR count). The molecule has 4 N–H and O–H groups in total. The van der Waals surface area contributed by atoms with Crippen molar-refractivity contribution >= 4 is 33.7 Å². The first-order valence-corrected chi connectivity index (χ1v) is 13.4. The van der Waals surface area contributed by atoms with Gasteiger partial charge in [0.25, 0.3) is 0 Å². The van der Waals surface area contributed by atoms with Crippen LogP contribution in [-0.2, 0) is 15.1 Å². The van der Waals surface area contributed by atoms with Gasteiger partial charge in [-0.2, -0.15) is 0 Å². The minimum absolute atomic E-state index is 0.374. The fraction of sp³-hybridized carbons (Fsp3) is 0.231. The minimum atomic E-state index is 0.374.